The number of nitrogens with one attached hydrogen (secondary N) is 1. The zero-order valence-corrected chi connectivity index (χ0v) is 28.0. The molecule has 236 valence electrons. The van der Waals surface area contributed by atoms with Gasteiger partial charge in [-0.2, -0.15) is 0 Å². The smallest absolute Gasteiger partial charge is 0.407 e. The third-order valence-corrected chi connectivity index (χ3v) is 9.39. The number of carbonyl (C=O) groups is 2. The molecule has 3 atom stereocenters. The number of amides is 2. The second-order valence-corrected chi connectivity index (χ2v) is 19.4. The summed E-state index contributed by atoms with van der Waals surface area (Å²) < 4.78 is 18.6. The highest BCUT2D eigenvalue weighted by Crippen LogP contribution is 2.41. The number of hydrogen-bond acceptors (Lipinski definition) is 8. The number of carbonyl (C=O) groups excluding carboxylic acids is 1. The van der Waals surface area contributed by atoms with Crippen LogP contribution in [0.3, 0.4) is 0 Å². The van der Waals surface area contributed by atoms with Gasteiger partial charge in [-0.15, -0.1) is 0 Å². The van der Waals surface area contributed by atoms with Crippen LogP contribution in [0.5, 0.6) is 0 Å². The summed E-state index contributed by atoms with van der Waals surface area (Å²) in [7, 11) is 1.92. The number of carboxylic acid groups (broad SMARTS) is 1. The summed E-state index contributed by atoms with van der Waals surface area (Å²) in [6.07, 6.45) is 2.47. The summed E-state index contributed by atoms with van der Waals surface area (Å²) in [5.41, 5.74) is 0.189. The van der Waals surface area contributed by atoms with E-state index in [0.717, 1.165) is 6.04 Å². The summed E-state index contributed by atoms with van der Waals surface area (Å²) in [5.74, 6) is 0.301. The van der Waals surface area contributed by atoms with Gasteiger partial charge in [0.2, 0.25) is 0 Å². The van der Waals surface area contributed by atoms with Gasteiger partial charge in [0.05, 0.1) is 36.6 Å². The standard InChI is InChI=1S/C29H50N6O6Si/c1-20(17-39-6)31-25(36)21-16-33(19-41-13-14-42(8,9)10)24-23(21)32-22(15-30-24)34-11-12-35(27(37)38)29(5,18-40-7)26(34)28(2,3)4/h15-16,20,26H,11-14,17-19H2,1-10H3,(H,31,36)(H,37,38). The molecule has 3 unspecified atom stereocenters. The van der Waals surface area contributed by atoms with Crippen LogP contribution in [0.4, 0.5) is 10.6 Å². The van der Waals surface area contributed by atoms with Crippen molar-refractivity contribution < 1.29 is 28.9 Å². The van der Waals surface area contributed by atoms with Gasteiger partial charge in [-0.3, -0.25) is 9.69 Å². The normalized spacial score (nSPS) is 20.7. The largest absolute Gasteiger partial charge is 0.465 e. The molecule has 2 aromatic rings. The van der Waals surface area contributed by atoms with Gasteiger partial charge < -0.3 is 34.1 Å². The second-order valence-electron chi connectivity index (χ2n) is 13.8. The molecule has 12 nitrogen and oxygen atoms in total. The average molecular weight is 607 g/mol. The lowest BCUT2D eigenvalue weighted by Gasteiger charge is -2.57. The van der Waals surface area contributed by atoms with Gasteiger partial charge in [-0.05, 0) is 25.3 Å². The Hall–Kier alpha value is -2.74. The van der Waals surface area contributed by atoms with E-state index in [2.05, 4.69) is 50.6 Å². The van der Waals surface area contributed by atoms with E-state index < -0.39 is 19.7 Å². The van der Waals surface area contributed by atoms with Crippen molar-refractivity contribution in [3.05, 3.63) is 18.0 Å². The topological polar surface area (TPSA) is 131 Å². The lowest BCUT2D eigenvalue weighted by Crippen LogP contribution is -2.73. The number of methoxy groups -OCH3 is 2. The number of anilines is 1. The van der Waals surface area contributed by atoms with Crippen LogP contribution in [0.25, 0.3) is 11.2 Å². The third kappa shape index (κ3) is 7.60. The Morgan fingerprint density at radius 1 is 1.21 bits per heavy atom. The minimum atomic E-state index is -1.26. The molecule has 42 heavy (non-hydrogen) atoms. The van der Waals surface area contributed by atoms with Gasteiger partial charge in [0.1, 0.15) is 18.1 Å². The molecule has 0 bridgehead atoms. The molecule has 2 aromatic heterocycles. The first-order valence-electron chi connectivity index (χ1n) is 14.5. The monoisotopic (exact) mass is 606 g/mol. The summed E-state index contributed by atoms with van der Waals surface area (Å²) in [6.45, 7) is 19.1. The van der Waals surface area contributed by atoms with E-state index in [0.29, 0.717) is 42.3 Å². The van der Waals surface area contributed by atoms with Crippen LogP contribution in [0, 0.1) is 5.41 Å². The Morgan fingerprint density at radius 2 is 1.90 bits per heavy atom. The van der Waals surface area contributed by atoms with Gasteiger partial charge in [-0.25, -0.2) is 14.8 Å². The summed E-state index contributed by atoms with van der Waals surface area (Å²) in [6, 6.07) is 0.530. The number of nitrogens with zero attached hydrogens (tertiary/aromatic N) is 5. The number of fused-ring (bicyclic) bond motifs is 1. The molecule has 1 fully saturated rings. The van der Waals surface area contributed by atoms with Crippen molar-refractivity contribution in [3.8, 4) is 0 Å². The maximum Gasteiger partial charge on any atom is 0.407 e. The Balaban J connectivity index is 2.08. The minimum absolute atomic E-state index is 0.200. The Kier molecular flexibility index (Phi) is 10.7. The third-order valence-electron chi connectivity index (χ3n) is 7.68. The van der Waals surface area contributed by atoms with Gasteiger partial charge in [-0.1, -0.05) is 40.4 Å². The van der Waals surface area contributed by atoms with Crippen molar-refractivity contribution in [2.75, 3.05) is 52.0 Å². The first kappa shape index (κ1) is 33.8. The van der Waals surface area contributed by atoms with Crippen molar-refractivity contribution in [3.63, 3.8) is 0 Å². The molecule has 1 saturated heterocycles. The minimum Gasteiger partial charge on any atom is -0.465 e. The van der Waals surface area contributed by atoms with Gasteiger partial charge in [0.25, 0.3) is 5.91 Å². The highest BCUT2D eigenvalue weighted by atomic mass is 28.3. The molecule has 13 heteroatoms. The Bertz CT molecular complexity index is 1240. The van der Waals surface area contributed by atoms with E-state index in [1.807, 2.05) is 18.4 Å². The number of ether oxygens (including phenoxy) is 3. The summed E-state index contributed by atoms with van der Waals surface area (Å²) >= 11 is 0. The fraction of sp³-hybridized carbons (Fsp3) is 0.724. The van der Waals surface area contributed by atoms with Crippen molar-refractivity contribution in [1.29, 1.82) is 0 Å². The molecule has 0 aromatic carbocycles. The van der Waals surface area contributed by atoms with Crippen LogP contribution in [0.2, 0.25) is 25.7 Å². The second kappa shape index (κ2) is 13.3. The zero-order chi connectivity index (χ0) is 31.5. The lowest BCUT2D eigenvalue weighted by atomic mass is 9.72. The van der Waals surface area contributed by atoms with E-state index in [1.54, 1.807) is 26.6 Å². The molecule has 2 N–H and O–H groups in total. The molecular formula is C29H50N6O6Si. The quantitative estimate of drug-likeness (QED) is 0.270. The fourth-order valence-corrected chi connectivity index (χ4v) is 6.82. The molecule has 0 spiro atoms. The first-order chi connectivity index (χ1) is 19.5. The molecule has 3 rings (SSSR count). The molecule has 0 radical (unpaired) electrons. The maximum atomic E-state index is 13.5. The molecule has 1 aliphatic heterocycles. The lowest BCUT2D eigenvalue weighted by molar-refractivity contribution is -0.0287. The highest BCUT2D eigenvalue weighted by Gasteiger charge is 2.53. The Labute approximate surface area is 250 Å². The fourth-order valence-electron chi connectivity index (χ4n) is 6.07. The first-order valence-corrected chi connectivity index (χ1v) is 18.2. The average Bonchev–Trinajstić information content (AvgIpc) is 3.23. The molecule has 2 amide bonds. The molecular weight excluding hydrogens is 556 g/mol. The van der Waals surface area contributed by atoms with Crippen LogP contribution in [0.15, 0.2) is 12.4 Å². The van der Waals surface area contributed by atoms with Gasteiger partial charge in [0, 0.05) is 54.2 Å². The molecule has 1 aliphatic rings. The van der Waals surface area contributed by atoms with E-state index in [-0.39, 0.29) is 43.3 Å². The number of rotatable bonds is 12. The maximum absolute atomic E-state index is 13.5. The van der Waals surface area contributed by atoms with E-state index in [1.165, 1.54) is 4.90 Å². The summed E-state index contributed by atoms with van der Waals surface area (Å²) in [5, 5.41) is 13.1. The van der Waals surface area contributed by atoms with Crippen LogP contribution in [-0.2, 0) is 20.9 Å². The van der Waals surface area contributed by atoms with Gasteiger partial charge >= 0.3 is 6.09 Å². The predicted octanol–water partition coefficient (Wildman–Crippen LogP) is 4.13. The van der Waals surface area contributed by atoms with Crippen LogP contribution in [-0.4, -0.2) is 109 Å². The number of piperazine rings is 1. The number of aromatic nitrogens is 3. The van der Waals surface area contributed by atoms with Crippen molar-refractivity contribution in [2.24, 2.45) is 5.41 Å². The van der Waals surface area contributed by atoms with E-state index >= 15 is 0 Å². The van der Waals surface area contributed by atoms with Gasteiger partial charge in [0.15, 0.2) is 5.65 Å². The van der Waals surface area contributed by atoms with Crippen LogP contribution >= 0.6 is 0 Å². The highest BCUT2D eigenvalue weighted by molar-refractivity contribution is 6.76. The molecule has 0 saturated carbocycles. The van der Waals surface area contributed by atoms with E-state index in [4.69, 9.17) is 24.2 Å². The zero-order valence-electron chi connectivity index (χ0n) is 27.0. The summed E-state index contributed by atoms with van der Waals surface area (Å²) in [4.78, 5) is 39.2. The van der Waals surface area contributed by atoms with Crippen molar-refractivity contribution in [2.45, 2.75) is 84.7 Å². The Morgan fingerprint density at radius 3 is 2.48 bits per heavy atom. The van der Waals surface area contributed by atoms with Crippen LogP contribution in [0.1, 0.15) is 45.0 Å². The molecule has 3 heterocycles. The van der Waals surface area contributed by atoms with Crippen molar-refractivity contribution >= 4 is 37.1 Å². The molecule has 0 aliphatic carbocycles. The van der Waals surface area contributed by atoms with E-state index in [9.17, 15) is 14.7 Å². The SMILES string of the molecule is COCC(C)NC(=O)c1cn(COCC[Si](C)(C)C)c2ncc(N3CCN(C(=O)O)C(C)(COC)C3C(C)(C)C)nc12. The van der Waals surface area contributed by atoms with Crippen LogP contribution < -0.4 is 10.2 Å². The number of hydrogen-bond donors (Lipinski definition) is 2. The van der Waals surface area contributed by atoms with Crippen molar-refractivity contribution in [1.82, 2.24) is 24.8 Å². The predicted molar refractivity (Wildman–Crippen MR) is 166 cm³/mol.